The summed E-state index contributed by atoms with van der Waals surface area (Å²) in [5.74, 6) is -0.987. The highest BCUT2D eigenvalue weighted by atomic mass is 16.5. The highest BCUT2D eigenvalue weighted by Crippen LogP contribution is 2.67. The van der Waals surface area contributed by atoms with E-state index in [1.54, 1.807) is 7.11 Å². The summed E-state index contributed by atoms with van der Waals surface area (Å²) in [6.45, 7) is 9.94. The third-order valence-electron chi connectivity index (χ3n) is 14.5. The topological polar surface area (TPSA) is 164 Å². The van der Waals surface area contributed by atoms with E-state index in [1.807, 2.05) is 46.2 Å². The van der Waals surface area contributed by atoms with Gasteiger partial charge in [-0.15, -0.1) is 0 Å². The molecule has 0 aromatic heterocycles. The van der Waals surface area contributed by atoms with Crippen LogP contribution in [0.15, 0.2) is 95.2 Å². The van der Waals surface area contributed by atoms with Gasteiger partial charge in [0.1, 0.15) is 12.5 Å². The predicted molar refractivity (Wildman–Crippen MR) is 235 cm³/mol. The average Bonchev–Trinajstić information content (AvgIpc) is 3.57. The van der Waals surface area contributed by atoms with Crippen LogP contribution in [0.3, 0.4) is 0 Å². The Kier molecular flexibility index (Phi) is 16.9. The van der Waals surface area contributed by atoms with E-state index in [9.17, 15) is 30.3 Å². The van der Waals surface area contributed by atoms with Gasteiger partial charge in [0.15, 0.2) is 0 Å². The summed E-state index contributed by atoms with van der Waals surface area (Å²) >= 11 is 0. The zero-order valence-corrected chi connectivity index (χ0v) is 36.3. The Morgan fingerprint density at radius 2 is 1.83 bits per heavy atom. The molecule has 4 bridgehead atoms. The standard InChI is InChI=1S/C49H73N3O7/c1-33(39-14-13-34(2)46(57)52-47(20-23-50-4,22-26-59-6)29-37-11-8-10-36(27-37)28-39)9-7-12-41(32-55)42-17-19-49(45(42)56)44-38(18-25-53)15-16-40(43(44)35(3)31-54)30-48(49,58)21-24-51-5/h7-13,15-16,27,31,38-40,42,44-46,50-53,55-58H,1,14,17-26,28-30,32H2,2-6H3. The first-order chi connectivity index (χ1) is 28.4. The van der Waals surface area contributed by atoms with Crippen LogP contribution in [-0.4, -0.2) is 109 Å². The number of carbonyl (C=O) groups excluding carboxylic acids is 1. The molecule has 59 heavy (non-hydrogen) atoms. The summed E-state index contributed by atoms with van der Waals surface area (Å²) in [4.78, 5) is 12.3. The molecule has 0 radical (unpaired) electrons. The molecule has 0 saturated heterocycles. The van der Waals surface area contributed by atoms with Crippen molar-refractivity contribution in [2.75, 3.05) is 54.1 Å². The first-order valence-electron chi connectivity index (χ1n) is 21.9. The van der Waals surface area contributed by atoms with Crippen molar-refractivity contribution in [1.29, 1.82) is 0 Å². The third-order valence-corrected chi connectivity index (χ3v) is 14.5. The Hall–Kier alpha value is -3.03. The maximum Gasteiger partial charge on any atom is 0.145 e. The lowest BCUT2D eigenvalue weighted by Gasteiger charge is -2.61. The summed E-state index contributed by atoms with van der Waals surface area (Å²) in [5, 5.41) is 68.0. The van der Waals surface area contributed by atoms with Gasteiger partial charge in [0.25, 0.3) is 0 Å². The number of nitrogens with one attached hydrogen (secondary N) is 3. The van der Waals surface area contributed by atoms with Gasteiger partial charge in [0.2, 0.25) is 0 Å². The van der Waals surface area contributed by atoms with Crippen LogP contribution >= 0.6 is 0 Å². The van der Waals surface area contributed by atoms with E-state index in [4.69, 9.17) is 4.74 Å². The van der Waals surface area contributed by atoms with Crippen molar-refractivity contribution in [1.82, 2.24) is 16.0 Å². The molecule has 10 heteroatoms. The SMILES string of the molecule is C=C(C=CC=C(CO)C1CCC2(C1O)C1C(=C(C)C=O)C(C=CC1CCO)CC2(O)CCNC)C1CC=C(C)C(O)NC(CCNC)(CCOC)Cc2cccc(c2)C1. The van der Waals surface area contributed by atoms with E-state index < -0.39 is 29.3 Å². The Morgan fingerprint density at radius 1 is 1.08 bits per heavy atom. The van der Waals surface area contributed by atoms with Crippen molar-refractivity contribution in [2.45, 2.75) is 102 Å². The van der Waals surface area contributed by atoms with Gasteiger partial charge in [-0.2, -0.15) is 0 Å². The van der Waals surface area contributed by atoms with E-state index in [0.29, 0.717) is 62.8 Å². The minimum atomic E-state index is -1.24. The van der Waals surface area contributed by atoms with Crippen LogP contribution in [0.5, 0.6) is 0 Å². The van der Waals surface area contributed by atoms with Gasteiger partial charge in [0, 0.05) is 43.1 Å². The second-order valence-electron chi connectivity index (χ2n) is 18.0. The minimum absolute atomic E-state index is 0.0448. The zero-order chi connectivity index (χ0) is 42.8. The van der Waals surface area contributed by atoms with E-state index in [1.165, 1.54) is 11.1 Å². The van der Waals surface area contributed by atoms with Gasteiger partial charge >= 0.3 is 0 Å². The number of methoxy groups -OCH3 is 1. The lowest BCUT2D eigenvalue weighted by atomic mass is 9.45. The molecule has 326 valence electrons. The van der Waals surface area contributed by atoms with Crippen molar-refractivity contribution < 1.29 is 35.1 Å². The van der Waals surface area contributed by atoms with Crippen LogP contribution in [0.1, 0.15) is 76.3 Å². The Balaban J connectivity index is 1.43. The molecule has 10 unspecified atom stereocenters. The van der Waals surface area contributed by atoms with Crippen molar-refractivity contribution in [3.05, 3.63) is 106 Å². The normalized spacial score (nSPS) is 34.7. The van der Waals surface area contributed by atoms with Crippen molar-refractivity contribution in [2.24, 2.45) is 35.0 Å². The smallest absolute Gasteiger partial charge is 0.145 e. The molecule has 2 fully saturated rings. The lowest BCUT2D eigenvalue weighted by Crippen LogP contribution is -2.65. The molecule has 1 aliphatic heterocycles. The number of hydrogen-bond donors (Lipinski definition) is 8. The molecule has 1 heterocycles. The molecule has 4 aliphatic rings. The van der Waals surface area contributed by atoms with Gasteiger partial charge in [-0.05, 0) is 151 Å². The number of rotatable bonds is 17. The fraction of sp³-hybridized carbons (Fsp3) is 0.612. The van der Waals surface area contributed by atoms with Crippen LogP contribution in [0.25, 0.3) is 0 Å². The van der Waals surface area contributed by atoms with E-state index >= 15 is 0 Å². The molecule has 0 amide bonds. The average molecular weight is 816 g/mol. The molecule has 1 aromatic carbocycles. The number of benzene rings is 1. The van der Waals surface area contributed by atoms with Gasteiger partial charge in [-0.1, -0.05) is 78.4 Å². The number of aliphatic hydroxyl groups excluding tert-OH is 4. The molecule has 8 N–H and O–H groups in total. The maximum absolute atomic E-state index is 12.8. The van der Waals surface area contributed by atoms with E-state index in [0.717, 1.165) is 55.2 Å². The van der Waals surface area contributed by atoms with Gasteiger partial charge in [0.05, 0.1) is 18.3 Å². The van der Waals surface area contributed by atoms with Crippen molar-refractivity contribution >= 4 is 6.29 Å². The largest absolute Gasteiger partial charge is 0.396 e. The van der Waals surface area contributed by atoms with Crippen LogP contribution in [-0.2, 0) is 22.4 Å². The Morgan fingerprint density at radius 3 is 2.53 bits per heavy atom. The Labute approximate surface area is 353 Å². The molecule has 1 aromatic rings. The summed E-state index contributed by atoms with van der Waals surface area (Å²) in [5.41, 5.74) is 3.87. The Bertz CT molecular complexity index is 1740. The summed E-state index contributed by atoms with van der Waals surface area (Å²) < 4.78 is 5.52. The number of aldehydes is 1. The second kappa shape index (κ2) is 21.2. The summed E-state index contributed by atoms with van der Waals surface area (Å²) in [6.07, 6.45) is 17.3. The number of fused-ring (bicyclic) bond motifs is 5. The molecule has 10 atom stereocenters. The monoisotopic (exact) mass is 816 g/mol. The van der Waals surface area contributed by atoms with Crippen LogP contribution in [0, 0.1) is 35.0 Å². The lowest BCUT2D eigenvalue weighted by molar-refractivity contribution is -0.194. The van der Waals surface area contributed by atoms with Crippen molar-refractivity contribution in [3.8, 4) is 0 Å². The quantitative estimate of drug-likeness (QED) is 0.0471. The maximum atomic E-state index is 12.8. The van der Waals surface area contributed by atoms with Gasteiger partial charge in [-0.3, -0.25) is 10.1 Å². The zero-order valence-electron chi connectivity index (χ0n) is 36.3. The molecule has 3 aliphatic carbocycles. The highest BCUT2D eigenvalue weighted by molar-refractivity contribution is 5.74. The number of allylic oxidation sites excluding steroid dienone is 9. The minimum Gasteiger partial charge on any atom is -0.396 e. The summed E-state index contributed by atoms with van der Waals surface area (Å²) in [6, 6.07) is 8.71. The highest BCUT2D eigenvalue weighted by Gasteiger charge is 2.68. The number of hydrogen-bond acceptors (Lipinski definition) is 10. The van der Waals surface area contributed by atoms with Crippen LogP contribution in [0.4, 0.5) is 0 Å². The second-order valence-corrected chi connectivity index (χ2v) is 18.0. The van der Waals surface area contributed by atoms with E-state index in [-0.39, 0.29) is 42.4 Å². The number of carbonyl (C=O) groups is 1. The van der Waals surface area contributed by atoms with Gasteiger partial charge in [-0.25, -0.2) is 0 Å². The third kappa shape index (κ3) is 10.2. The molecular weight excluding hydrogens is 743 g/mol. The molecule has 10 nitrogen and oxygen atoms in total. The molecule has 1 spiro atoms. The van der Waals surface area contributed by atoms with Crippen molar-refractivity contribution in [3.63, 3.8) is 0 Å². The van der Waals surface area contributed by atoms with Crippen LogP contribution in [0.2, 0.25) is 0 Å². The first kappa shape index (κ1) is 47.0. The molecule has 5 rings (SSSR count). The fourth-order valence-corrected chi connectivity index (χ4v) is 11.2. The predicted octanol–water partition coefficient (Wildman–Crippen LogP) is 4.88. The van der Waals surface area contributed by atoms with Gasteiger partial charge < -0.3 is 40.9 Å². The van der Waals surface area contributed by atoms with Crippen LogP contribution < -0.4 is 16.0 Å². The number of aliphatic hydroxyl groups is 5. The summed E-state index contributed by atoms with van der Waals surface area (Å²) in [7, 11) is 5.52. The number of ether oxygens (including phenoxy) is 1. The first-order valence-corrected chi connectivity index (χ1v) is 21.9. The fourth-order valence-electron chi connectivity index (χ4n) is 11.2. The van der Waals surface area contributed by atoms with E-state index in [2.05, 4.69) is 65.0 Å². The molecule has 2 saturated carbocycles. The molecular formula is C49H73N3O7.